The number of carbonyl (C=O) groups is 1. The number of hydrogen-bond acceptors (Lipinski definition) is 3. The van der Waals surface area contributed by atoms with Crippen molar-refractivity contribution in [2.45, 2.75) is 31.2 Å². The van der Waals surface area contributed by atoms with Gasteiger partial charge in [-0.15, -0.1) is 0 Å². The molecular weight excluding hydrogens is 377 g/mol. The lowest BCUT2D eigenvalue weighted by Gasteiger charge is -2.21. The van der Waals surface area contributed by atoms with Crippen LogP contribution < -0.4 is 5.32 Å². The van der Waals surface area contributed by atoms with E-state index in [1.807, 2.05) is 0 Å². The fourth-order valence-electron chi connectivity index (χ4n) is 1.30. The molecule has 0 fully saturated rings. The summed E-state index contributed by atoms with van der Waals surface area (Å²) in [5, 5.41) is 2.83. The lowest BCUT2D eigenvalue weighted by Crippen LogP contribution is -2.40. The molecule has 0 radical (unpaired) electrons. The van der Waals surface area contributed by atoms with Crippen molar-refractivity contribution in [1.29, 1.82) is 0 Å². The summed E-state index contributed by atoms with van der Waals surface area (Å²) in [5.41, 5.74) is -0.410. The molecule has 0 aliphatic heterocycles. The van der Waals surface area contributed by atoms with Gasteiger partial charge in [0.15, 0.2) is 0 Å². The Labute approximate surface area is 130 Å². The number of amides is 1. The Morgan fingerprint density at radius 3 is 2.26 bits per heavy atom. The van der Waals surface area contributed by atoms with Crippen LogP contribution >= 0.6 is 38.2 Å². The minimum absolute atomic E-state index is 0.0546. The number of benzene rings is 1. The second-order valence-corrected chi connectivity index (χ2v) is 8.70. The van der Waals surface area contributed by atoms with Gasteiger partial charge in [-0.2, -0.15) is 0 Å². The normalized spacial score (nSPS) is 12.3. The van der Waals surface area contributed by atoms with Crippen LogP contribution in [0.2, 0.25) is 5.02 Å². The highest BCUT2D eigenvalue weighted by atomic mass is 79.9. The summed E-state index contributed by atoms with van der Waals surface area (Å²) < 4.78 is 23.0. The molecule has 0 atom stereocenters. The molecule has 0 saturated carbocycles. The molecule has 1 N–H and O–H groups in total. The molecule has 0 aliphatic carbocycles. The third kappa shape index (κ3) is 4.63. The van der Waals surface area contributed by atoms with Crippen molar-refractivity contribution in [1.82, 2.24) is 5.32 Å². The van der Waals surface area contributed by atoms with E-state index in [0.29, 0.717) is 0 Å². The van der Waals surface area contributed by atoms with E-state index in [2.05, 4.69) is 21.2 Å². The lowest BCUT2D eigenvalue weighted by molar-refractivity contribution is 0.0919. The van der Waals surface area contributed by atoms with Gasteiger partial charge in [-0.25, -0.2) is 8.42 Å². The van der Waals surface area contributed by atoms with E-state index in [-0.39, 0.29) is 20.0 Å². The van der Waals surface area contributed by atoms with Crippen molar-refractivity contribution in [2.75, 3.05) is 0 Å². The van der Waals surface area contributed by atoms with Gasteiger partial charge >= 0.3 is 0 Å². The molecule has 0 heterocycles. The van der Waals surface area contributed by atoms with Crippen LogP contribution in [0, 0.1) is 0 Å². The average Bonchev–Trinajstić information content (AvgIpc) is 2.11. The number of hydrogen-bond donors (Lipinski definition) is 1. The van der Waals surface area contributed by atoms with E-state index < -0.39 is 20.5 Å². The first-order valence-electron chi connectivity index (χ1n) is 5.18. The van der Waals surface area contributed by atoms with Crippen molar-refractivity contribution < 1.29 is 13.2 Å². The molecule has 0 bridgehead atoms. The smallest absolute Gasteiger partial charge is 0.262 e. The zero-order chi connectivity index (χ0) is 15.0. The predicted octanol–water partition coefficient (Wildman–Crippen LogP) is 3.56. The molecule has 0 aliphatic rings. The van der Waals surface area contributed by atoms with Gasteiger partial charge < -0.3 is 5.32 Å². The van der Waals surface area contributed by atoms with Crippen LogP contribution in [-0.2, 0) is 9.05 Å². The Morgan fingerprint density at radius 1 is 1.32 bits per heavy atom. The summed E-state index contributed by atoms with van der Waals surface area (Å²) in [4.78, 5) is 11.8. The highest BCUT2D eigenvalue weighted by Crippen LogP contribution is 2.31. The molecule has 19 heavy (non-hydrogen) atoms. The molecule has 8 heteroatoms. The largest absolute Gasteiger partial charge is 0.347 e. The Balaban J connectivity index is 3.34. The van der Waals surface area contributed by atoms with Gasteiger partial charge in [0.1, 0.15) is 0 Å². The molecule has 1 amide bonds. The number of nitrogens with one attached hydrogen (secondary N) is 1. The van der Waals surface area contributed by atoms with E-state index in [9.17, 15) is 13.2 Å². The maximum Gasteiger partial charge on any atom is 0.262 e. The van der Waals surface area contributed by atoms with Gasteiger partial charge in [-0.1, -0.05) is 11.6 Å². The zero-order valence-corrected chi connectivity index (χ0v) is 14.3. The SMILES string of the molecule is CC(C)(C)NC(=O)c1cc(S(=O)(=O)Cl)c(Br)cc1Cl. The molecule has 0 aromatic heterocycles. The van der Waals surface area contributed by atoms with Crippen LogP contribution in [0.4, 0.5) is 0 Å². The van der Waals surface area contributed by atoms with Gasteiger partial charge in [-0.05, 0) is 48.8 Å². The Morgan fingerprint density at radius 2 is 1.84 bits per heavy atom. The predicted molar refractivity (Wildman–Crippen MR) is 79.4 cm³/mol. The first-order chi connectivity index (χ1) is 8.42. The summed E-state index contributed by atoms with van der Waals surface area (Å²) >= 11 is 8.99. The van der Waals surface area contributed by atoms with Crippen molar-refractivity contribution in [3.63, 3.8) is 0 Å². The van der Waals surface area contributed by atoms with Gasteiger partial charge in [-0.3, -0.25) is 4.79 Å². The summed E-state index contributed by atoms with van der Waals surface area (Å²) in [7, 11) is 1.33. The van der Waals surface area contributed by atoms with Crippen LogP contribution in [0.15, 0.2) is 21.5 Å². The minimum Gasteiger partial charge on any atom is -0.347 e. The van der Waals surface area contributed by atoms with Crippen LogP contribution in [0.25, 0.3) is 0 Å². The molecule has 106 valence electrons. The third-order valence-corrected chi connectivity index (χ3v) is 4.61. The van der Waals surface area contributed by atoms with Crippen molar-refractivity contribution in [3.05, 3.63) is 27.2 Å². The summed E-state index contributed by atoms with van der Waals surface area (Å²) in [6, 6.07) is 2.48. The molecule has 1 rings (SSSR count). The monoisotopic (exact) mass is 387 g/mol. The fraction of sp³-hybridized carbons (Fsp3) is 0.364. The van der Waals surface area contributed by atoms with Crippen LogP contribution in [-0.4, -0.2) is 19.9 Å². The molecule has 0 unspecified atom stereocenters. The average molecular weight is 389 g/mol. The standard InChI is InChI=1S/C11H12BrCl2NO3S/c1-11(2,3)15-10(16)6-4-9(19(14,17)18)7(12)5-8(6)13/h4-5H,1-3H3,(H,15,16). The van der Waals surface area contributed by atoms with Gasteiger partial charge in [0.25, 0.3) is 15.0 Å². The summed E-state index contributed by atoms with van der Waals surface area (Å²) in [6.45, 7) is 5.41. The molecular formula is C11H12BrCl2NO3S. The highest BCUT2D eigenvalue weighted by molar-refractivity contribution is 9.10. The lowest BCUT2D eigenvalue weighted by atomic mass is 10.1. The van der Waals surface area contributed by atoms with Crippen LogP contribution in [0.1, 0.15) is 31.1 Å². The van der Waals surface area contributed by atoms with Crippen LogP contribution in [0.3, 0.4) is 0 Å². The van der Waals surface area contributed by atoms with Gasteiger partial charge in [0, 0.05) is 20.7 Å². The second kappa shape index (κ2) is 5.60. The molecule has 1 aromatic carbocycles. The zero-order valence-electron chi connectivity index (χ0n) is 10.4. The number of halogens is 3. The maximum atomic E-state index is 12.0. The topological polar surface area (TPSA) is 63.2 Å². The number of carbonyl (C=O) groups excluding carboxylic acids is 1. The summed E-state index contributed by atoms with van der Waals surface area (Å²) in [5.74, 6) is -0.466. The molecule has 0 spiro atoms. The Bertz CT molecular complexity index is 624. The molecule has 0 saturated heterocycles. The third-order valence-electron chi connectivity index (χ3n) is 2.02. The van der Waals surface area contributed by atoms with E-state index in [1.54, 1.807) is 20.8 Å². The maximum absolute atomic E-state index is 12.0. The van der Waals surface area contributed by atoms with E-state index in [0.717, 1.165) is 6.07 Å². The highest BCUT2D eigenvalue weighted by Gasteiger charge is 2.22. The summed E-state index contributed by atoms with van der Waals surface area (Å²) in [6.07, 6.45) is 0. The number of rotatable bonds is 2. The van der Waals surface area contributed by atoms with Crippen molar-refractivity contribution in [2.24, 2.45) is 0 Å². The van der Waals surface area contributed by atoms with E-state index >= 15 is 0 Å². The van der Waals surface area contributed by atoms with Crippen LogP contribution in [0.5, 0.6) is 0 Å². The fourth-order valence-corrected chi connectivity index (χ4v) is 3.87. The Kier molecular flexibility index (Phi) is 4.93. The van der Waals surface area contributed by atoms with Crippen molar-refractivity contribution in [3.8, 4) is 0 Å². The quantitative estimate of drug-likeness (QED) is 0.787. The van der Waals surface area contributed by atoms with Gasteiger partial charge in [0.2, 0.25) is 0 Å². The van der Waals surface area contributed by atoms with E-state index in [4.69, 9.17) is 22.3 Å². The molecule has 1 aromatic rings. The second-order valence-electron chi connectivity index (χ2n) is 4.90. The minimum atomic E-state index is -3.96. The molecule has 4 nitrogen and oxygen atoms in total. The van der Waals surface area contributed by atoms with E-state index in [1.165, 1.54) is 6.07 Å². The van der Waals surface area contributed by atoms with Gasteiger partial charge in [0.05, 0.1) is 15.5 Å². The van der Waals surface area contributed by atoms with Crippen molar-refractivity contribution >= 4 is 53.2 Å². The Hall–Kier alpha value is -0.300. The first-order valence-corrected chi connectivity index (χ1v) is 8.66. The first kappa shape index (κ1) is 16.8.